The minimum Gasteiger partial charge on any atom is -0.289 e. The van der Waals surface area contributed by atoms with Crippen molar-refractivity contribution in [3.63, 3.8) is 0 Å². The van der Waals surface area contributed by atoms with Crippen molar-refractivity contribution in [1.29, 1.82) is 0 Å². The molecule has 2 aromatic rings. The van der Waals surface area contributed by atoms with E-state index in [-0.39, 0.29) is 5.78 Å². The lowest BCUT2D eigenvalue weighted by molar-refractivity contribution is 0.103. The van der Waals surface area contributed by atoms with Gasteiger partial charge in [-0.05, 0) is 19.1 Å². The van der Waals surface area contributed by atoms with E-state index in [0.717, 1.165) is 10.4 Å². The van der Waals surface area contributed by atoms with E-state index in [1.807, 2.05) is 18.4 Å². The maximum atomic E-state index is 11.8. The molecule has 70 valence electrons. The molecule has 0 spiro atoms. The Hall–Kier alpha value is -1.55. The molecule has 0 unspecified atom stereocenters. The summed E-state index contributed by atoms with van der Waals surface area (Å²) in [6, 6.07) is 3.55. The van der Waals surface area contributed by atoms with Gasteiger partial charge in [-0.1, -0.05) is 0 Å². The van der Waals surface area contributed by atoms with E-state index in [0.29, 0.717) is 5.56 Å². The van der Waals surface area contributed by atoms with E-state index in [4.69, 9.17) is 0 Å². The molecule has 0 aromatic carbocycles. The van der Waals surface area contributed by atoms with Gasteiger partial charge in [0.15, 0.2) is 5.78 Å². The number of nitrogens with zero attached hydrogens (tertiary/aromatic N) is 2. The molecule has 0 aliphatic rings. The molecule has 0 bridgehead atoms. The summed E-state index contributed by atoms with van der Waals surface area (Å²) in [7, 11) is 0. The first kappa shape index (κ1) is 9.02. The van der Waals surface area contributed by atoms with Gasteiger partial charge in [-0.15, -0.1) is 11.3 Å². The number of carbonyl (C=O) groups is 1. The Kier molecular flexibility index (Phi) is 2.37. The van der Waals surface area contributed by atoms with Crippen molar-refractivity contribution in [2.45, 2.75) is 6.92 Å². The number of aromatic nitrogens is 2. The van der Waals surface area contributed by atoms with Crippen LogP contribution in [0.25, 0.3) is 0 Å². The molecular formula is C10H8N2OS. The zero-order valence-electron chi connectivity index (χ0n) is 7.60. The normalized spacial score (nSPS) is 10.1. The largest absolute Gasteiger partial charge is 0.289 e. The Labute approximate surface area is 85.4 Å². The van der Waals surface area contributed by atoms with Crippen molar-refractivity contribution in [2.75, 3.05) is 0 Å². The van der Waals surface area contributed by atoms with Crippen LogP contribution in [-0.4, -0.2) is 16.0 Å². The first-order valence-electron chi connectivity index (χ1n) is 4.14. The van der Waals surface area contributed by atoms with Gasteiger partial charge < -0.3 is 0 Å². The molecule has 4 heteroatoms. The van der Waals surface area contributed by atoms with Crippen molar-refractivity contribution in [3.8, 4) is 0 Å². The smallest absolute Gasteiger partial charge is 0.195 e. The molecule has 14 heavy (non-hydrogen) atoms. The SMILES string of the molecule is Cc1cc(C(=O)c2ccnnc2)cs1. The number of aryl methyl sites for hydroxylation is 1. The second kappa shape index (κ2) is 3.67. The van der Waals surface area contributed by atoms with Crippen molar-refractivity contribution >= 4 is 17.1 Å². The predicted octanol–water partition coefficient (Wildman–Crippen LogP) is 2.08. The van der Waals surface area contributed by atoms with Gasteiger partial charge in [0.05, 0.1) is 12.4 Å². The molecule has 0 saturated heterocycles. The van der Waals surface area contributed by atoms with Gasteiger partial charge >= 0.3 is 0 Å². The molecule has 0 fully saturated rings. The molecule has 0 atom stereocenters. The molecular weight excluding hydrogens is 196 g/mol. The summed E-state index contributed by atoms with van der Waals surface area (Å²) in [5, 5.41) is 9.16. The van der Waals surface area contributed by atoms with Crippen LogP contribution in [0.2, 0.25) is 0 Å². The molecule has 0 N–H and O–H groups in total. The lowest BCUT2D eigenvalue weighted by Crippen LogP contribution is -2.00. The second-order valence-electron chi connectivity index (χ2n) is 2.91. The number of hydrogen-bond donors (Lipinski definition) is 0. The predicted molar refractivity (Wildman–Crippen MR) is 54.5 cm³/mol. The van der Waals surface area contributed by atoms with E-state index >= 15 is 0 Å². The van der Waals surface area contributed by atoms with Crippen molar-refractivity contribution < 1.29 is 4.79 Å². The summed E-state index contributed by atoms with van der Waals surface area (Å²) in [6.45, 7) is 1.98. The van der Waals surface area contributed by atoms with Crippen LogP contribution in [0.4, 0.5) is 0 Å². The second-order valence-corrected chi connectivity index (χ2v) is 4.02. The lowest BCUT2D eigenvalue weighted by atomic mass is 10.1. The molecule has 2 aromatic heterocycles. The summed E-state index contributed by atoms with van der Waals surface area (Å²) in [4.78, 5) is 12.9. The fraction of sp³-hybridized carbons (Fsp3) is 0.100. The molecule has 2 heterocycles. The Morgan fingerprint density at radius 2 is 2.21 bits per heavy atom. The minimum absolute atomic E-state index is 0.00394. The van der Waals surface area contributed by atoms with Gasteiger partial charge in [0.2, 0.25) is 0 Å². The van der Waals surface area contributed by atoms with Gasteiger partial charge in [-0.3, -0.25) is 4.79 Å². The standard InChI is InChI=1S/C10H8N2OS/c1-7-4-9(6-14-7)10(13)8-2-3-11-12-5-8/h2-6H,1H3. The zero-order valence-corrected chi connectivity index (χ0v) is 8.41. The highest BCUT2D eigenvalue weighted by molar-refractivity contribution is 7.10. The molecule has 3 nitrogen and oxygen atoms in total. The minimum atomic E-state index is 0.00394. The van der Waals surface area contributed by atoms with Crippen LogP contribution < -0.4 is 0 Å². The highest BCUT2D eigenvalue weighted by Crippen LogP contribution is 2.16. The van der Waals surface area contributed by atoms with Crippen molar-refractivity contribution in [2.24, 2.45) is 0 Å². The molecule has 2 rings (SSSR count). The number of rotatable bonds is 2. The number of hydrogen-bond acceptors (Lipinski definition) is 4. The average molecular weight is 204 g/mol. The van der Waals surface area contributed by atoms with Crippen molar-refractivity contribution in [1.82, 2.24) is 10.2 Å². The summed E-state index contributed by atoms with van der Waals surface area (Å²) >= 11 is 1.57. The maximum Gasteiger partial charge on any atom is 0.195 e. The Morgan fingerprint density at radius 1 is 1.36 bits per heavy atom. The third-order valence-corrected chi connectivity index (χ3v) is 2.70. The first-order chi connectivity index (χ1) is 6.77. The topological polar surface area (TPSA) is 42.9 Å². The summed E-state index contributed by atoms with van der Waals surface area (Å²) in [5.74, 6) is 0.00394. The van der Waals surface area contributed by atoms with E-state index < -0.39 is 0 Å². The summed E-state index contributed by atoms with van der Waals surface area (Å²) in [6.07, 6.45) is 3.00. The number of ketones is 1. The van der Waals surface area contributed by atoms with Gasteiger partial charge in [0.25, 0.3) is 0 Å². The highest BCUT2D eigenvalue weighted by atomic mass is 32.1. The highest BCUT2D eigenvalue weighted by Gasteiger charge is 2.09. The summed E-state index contributed by atoms with van der Waals surface area (Å²) in [5.41, 5.74) is 1.30. The van der Waals surface area contributed by atoms with Gasteiger partial charge in [-0.25, -0.2) is 0 Å². The average Bonchev–Trinajstić information content (AvgIpc) is 2.65. The van der Waals surface area contributed by atoms with Crippen LogP contribution in [0.15, 0.2) is 29.9 Å². The zero-order chi connectivity index (χ0) is 9.97. The van der Waals surface area contributed by atoms with Crippen molar-refractivity contribution in [3.05, 3.63) is 45.9 Å². The van der Waals surface area contributed by atoms with E-state index in [1.54, 1.807) is 17.4 Å². The van der Waals surface area contributed by atoms with Gasteiger partial charge in [0, 0.05) is 21.4 Å². The third-order valence-electron chi connectivity index (χ3n) is 1.84. The molecule has 0 amide bonds. The third kappa shape index (κ3) is 1.70. The maximum absolute atomic E-state index is 11.8. The quantitative estimate of drug-likeness (QED) is 0.703. The van der Waals surface area contributed by atoms with Gasteiger partial charge in [-0.2, -0.15) is 10.2 Å². The van der Waals surface area contributed by atoms with E-state index in [1.165, 1.54) is 12.4 Å². The molecule has 0 aliphatic heterocycles. The van der Waals surface area contributed by atoms with Crippen LogP contribution >= 0.6 is 11.3 Å². The fourth-order valence-electron chi connectivity index (χ4n) is 1.15. The van der Waals surface area contributed by atoms with Crippen LogP contribution in [-0.2, 0) is 0 Å². The Balaban J connectivity index is 2.34. The Bertz CT molecular complexity index is 450. The van der Waals surface area contributed by atoms with Crippen LogP contribution in [0.5, 0.6) is 0 Å². The van der Waals surface area contributed by atoms with Crippen LogP contribution in [0.3, 0.4) is 0 Å². The fourth-order valence-corrected chi connectivity index (χ4v) is 1.84. The Morgan fingerprint density at radius 3 is 2.79 bits per heavy atom. The monoisotopic (exact) mass is 204 g/mol. The molecule has 0 radical (unpaired) electrons. The van der Waals surface area contributed by atoms with E-state index in [2.05, 4.69) is 10.2 Å². The molecule has 0 aliphatic carbocycles. The number of carbonyl (C=O) groups excluding carboxylic acids is 1. The van der Waals surface area contributed by atoms with E-state index in [9.17, 15) is 4.79 Å². The van der Waals surface area contributed by atoms with Crippen LogP contribution in [0.1, 0.15) is 20.8 Å². The molecule has 0 saturated carbocycles. The first-order valence-corrected chi connectivity index (χ1v) is 5.02. The lowest BCUT2D eigenvalue weighted by Gasteiger charge is -1.94. The van der Waals surface area contributed by atoms with Gasteiger partial charge in [0.1, 0.15) is 0 Å². The summed E-state index contributed by atoms with van der Waals surface area (Å²) < 4.78 is 0. The van der Waals surface area contributed by atoms with Crippen LogP contribution in [0, 0.1) is 6.92 Å². The number of thiophene rings is 1.